The van der Waals surface area contributed by atoms with Gasteiger partial charge < -0.3 is 5.73 Å². The number of amides is 1. The molecule has 1 aromatic carbocycles. The molecule has 0 aliphatic rings. The summed E-state index contributed by atoms with van der Waals surface area (Å²) in [6.45, 7) is 1.91. The number of benzene rings is 1. The third-order valence-corrected chi connectivity index (χ3v) is 3.38. The highest BCUT2D eigenvalue weighted by Gasteiger charge is 2.10. The molecule has 0 saturated heterocycles. The summed E-state index contributed by atoms with van der Waals surface area (Å²) in [6.07, 6.45) is 0. The average Bonchev–Trinajstić information content (AvgIpc) is 2.62. The van der Waals surface area contributed by atoms with Gasteiger partial charge in [0.2, 0.25) is 0 Å². The van der Waals surface area contributed by atoms with Crippen LogP contribution in [0.15, 0.2) is 30.3 Å². The summed E-state index contributed by atoms with van der Waals surface area (Å²) in [6, 6.07) is 7.92. The van der Waals surface area contributed by atoms with Crippen molar-refractivity contribution in [2.75, 3.05) is 0 Å². The molecule has 4 heteroatoms. The van der Waals surface area contributed by atoms with Gasteiger partial charge in [0.15, 0.2) is 0 Å². The molecule has 0 atom stereocenters. The predicted molar refractivity (Wildman–Crippen MR) is 63.0 cm³/mol. The van der Waals surface area contributed by atoms with Gasteiger partial charge in [-0.2, -0.15) is 0 Å². The van der Waals surface area contributed by atoms with Crippen LogP contribution in [0, 0.1) is 12.7 Å². The largest absolute Gasteiger partial charge is 0.365 e. The van der Waals surface area contributed by atoms with E-state index in [1.165, 1.54) is 23.5 Å². The maximum Gasteiger partial charge on any atom is 0.258 e. The molecule has 1 aromatic heterocycles. The second-order valence-corrected chi connectivity index (χ2v) is 4.71. The van der Waals surface area contributed by atoms with E-state index in [-0.39, 0.29) is 5.82 Å². The van der Waals surface area contributed by atoms with Gasteiger partial charge in [0, 0.05) is 4.88 Å². The van der Waals surface area contributed by atoms with Crippen molar-refractivity contribution >= 4 is 17.2 Å². The minimum Gasteiger partial charge on any atom is -0.365 e. The van der Waals surface area contributed by atoms with Crippen molar-refractivity contribution in [3.05, 3.63) is 45.9 Å². The molecule has 1 heterocycles. The second-order valence-electron chi connectivity index (χ2n) is 3.45. The van der Waals surface area contributed by atoms with E-state index in [0.29, 0.717) is 4.88 Å². The van der Waals surface area contributed by atoms with E-state index < -0.39 is 5.91 Å². The Labute approximate surface area is 96.5 Å². The van der Waals surface area contributed by atoms with E-state index in [1.807, 2.05) is 6.92 Å². The maximum absolute atomic E-state index is 12.8. The molecule has 0 radical (unpaired) electrons. The molecule has 0 fully saturated rings. The van der Waals surface area contributed by atoms with Crippen molar-refractivity contribution in [1.29, 1.82) is 0 Å². The van der Waals surface area contributed by atoms with Crippen molar-refractivity contribution < 1.29 is 9.18 Å². The van der Waals surface area contributed by atoms with E-state index >= 15 is 0 Å². The van der Waals surface area contributed by atoms with Gasteiger partial charge >= 0.3 is 0 Å². The fourth-order valence-corrected chi connectivity index (χ4v) is 2.41. The number of nitrogens with two attached hydrogens (primary N) is 1. The fourth-order valence-electron chi connectivity index (χ4n) is 1.52. The molecule has 2 nitrogen and oxygen atoms in total. The van der Waals surface area contributed by atoms with Crippen LogP contribution in [0.1, 0.15) is 14.5 Å². The van der Waals surface area contributed by atoms with Crippen molar-refractivity contribution in [3.8, 4) is 11.1 Å². The van der Waals surface area contributed by atoms with Crippen LogP contribution in [0.3, 0.4) is 0 Å². The van der Waals surface area contributed by atoms with Gasteiger partial charge in [-0.15, -0.1) is 11.3 Å². The van der Waals surface area contributed by atoms with E-state index in [4.69, 9.17) is 5.73 Å². The van der Waals surface area contributed by atoms with Crippen molar-refractivity contribution in [3.63, 3.8) is 0 Å². The third kappa shape index (κ3) is 1.97. The first-order valence-electron chi connectivity index (χ1n) is 4.74. The van der Waals surface area contributed by atoms with Gasteiger partial charge in [-0.1, -0.05) is 12.1 Å². The number of aryl methyl sites for hydroxylation is 1. The SMILES string of the molecule is Cc1sc(C(N)=O)cc1-c1ccc(F)cc1. The van der Waals surface area contributed by atoms with Crippen LogP contribution in [0.4, 0.5) is 4.39 Å². The summed E-state index contributed by atoms with van der Waals surface area (Å²) in [4.78, 5) is 12.5. The van der Waals surface area contributed by atoms with E-state index in [9.17, 15) is 9.18 Å². The Morgan fingerprint density at radius 3 is 2.44 bits per heavy atom. The smallest absolute Gasteiger partial charge is 0.258 e. The number of carbonyl (C=O) groups excluding carboxylic acids is 1. The highest BCUT2D eigenvalue weighted by Crippen LogP contribution is 2.30. The lowest BCUT2D eigenvalue weighted by Crippen LogP contribution is -2.08. The van der Waals surface area contributed by atoms with E-state index in [0.717, 1.165) is 16.0 Å². The number of halogens is 1. The van der Waals surface area contributed by atoms with Crippen LogP contribution in [-0.4, -0.2) is 5.91 Å². The van der Waals surface area contributed by atoms with Crippen LogP contribution in [-0.2, 0) is 0 Å². The highest BCUT2D eigenvalue weighted by molar-refractivity contribution is 7.14. The number of hydrogen-bond donors (Lipinski definition) is 1. The number of thiophene rings is 1. The lowest BCUT2D eigenvalue weighted by Gasteiger charge is -1.98. The van der Waals surface area contributed by atoms with Crippen molar-refractivity contribution in [2.24, 2.45) is 5.73 Å². The molecule has 16 heavy (non-hydrogen) atoms. The van der Waals surface area contributed by atoms with Crippen LogP contribution < -0.4 is 5.73 Å². The molecule has 2 aromatic rings. The first-order valence-corrected chi connectivity index (χ1v) is 5.56. The number of hydrogen-bond acceptors (Lipinski definition) is 2. The second kappa shape index (κ2) is 4.06. The average molecular weight is 235 g/mol. The molecular formula is C12H10FNOS. The first-order chi connectivity index (χ1) is 7.58. The fraction of sp³-hybridized carbons (Fsp3) is 0.0833. The minimum absolute atomic E-state index is 0.272. The number of primary amides is 1. The number of carbonyl (C=O) groups is 1. The summed E-state index contributed by atoms with van der Waals surface area (Å²) >= 11 is 1.35. The zero-order chi connectivity index (χ0) is 11.7. The topological polar surface area (TPSA) is 43.1 Å². The molecule has 0 unspecified atom stereocenters. The molecule has 0 aliphatic carbocycles. The van der Waals surface area contributed by atoms with Crippen LogP contribution in [0.2, 0.25) is 0 Å². The zero-order valence-corrected chi connectivity index (χ0v) is 9.48. The summed E-state index contributed by atoms with van der Waals surface area (Å²) in [5, 5.41) is 0. The maximum atomic E-state index is 12.8. The molecule has 0 saturated carbocycles. The quantitative estimate of drug-likeness (QED) is 0.854. The van der Waals surface area contributed by atoms with Crippen LogP contribution in [0.25, 0.3) is 11.1 Å². The minimum atomic E-state index is -0.429. The summed E-state index contributed by atoms with van der Waals surface area (Å²) in [7, 11) is 0. The van der Waals surface area contributed by atoms with Gasteiger partial charge in [0.25, 0.3) is 5.91 Å². The Kier molecular flexibility index (Phi) is 2.75. The zero-order valence-electron chi connectivity index (χ0n) is 8.66. The van der Waals surface area contributed by atoms with Crippen LogP contribution in [0.5, 0.6) is 0 Å². The Hall–Kier alpha value is -1.68. The van der Waals surface area contributed by atoms with E-state index in [2.05, 4.69) is 0 Å². The Bertz CT molecular complexity index is 530. The molecular weight excluding hydrogens is 225 g/mol. The van der Waals surface area contributed by atoms with Gasteiger partial charge in [-0.3, -0.25) is 4.79 Å². The molecule has 2 rings (SSSR count). The Balaban J connectivity index is 2.47. The Morgan fingerprint density at radius 1 is 1.31 bits per heavy atom. The number of rotatable bonds is 2. The standard InChI is InChI=1S/C12H10FNOS/c1-7-10(6-11(16-7)12(14)15)8-2-4-9(13)5-3-8/h2-6H,1H3,(H2,14,15). The lowest BCUT2D eigenvalue weighted by atomic mass is 10.1. The highest BCUT2D eigenvalue weighted by atomic mass is 32.1. The molecule has 0 spiro atoms. The lowest BCUT2D eigenvalue weighted by molar-refractivity contribution is 0.100. The van der Waals surface area contributed by atoms with E-state index in [1.54, 1.807) is 18.2 Å². The van der Waals surface area contributed by atoms with Gasteiger partial charge in [-0.25, -0.2) is 4.39 Å². The van der Waals surface area contributed by atoms with Gasteiger partial charge in [0.05, 0.1) is 4.88 Å². The molecule has 0 bridgehead atoms. The van der Waals surface area contributed by atoms with Crippen molar-refractivity contribution in [2.45, 2.75) is 6.92 Å². The summed E-state index contributed by atoms with van der Waals surface area (Å²) < 4.78 is 12.8. The molecule has 2 N–H and O–H groups in total. The summed E-state index contributed by atoms with van der Waals surface area (Å²) in [5.41, 5.74) is 7.03. The van der Waals surface area contributed by atoms with Crippen molar-refractivity contribution in [1.82, 2.24) is 0 Å². The molecule has 1 amide bonds. The van der Waals surface area contributed by atoms with Crippen LogP contribution >= 0.6 is 11.3 Å². The predicted octanol–water partition coefficient (Wildman–Crippen LogP) is 2.96. The monoisotopic (exact) mass is 235 g/mol. The van der Waals surface area contributed by atoms with Gasteiger partial charge in [-0.05, 0) is 36.2 Å². The normalized spacial score (nSPS) is 10.4. The Morgan fingerprint density at radius 2 is 1.94 bits per heavy atom. The third-order valence-electron chi connectivity index (χ3n) is 2.32. The molecule has 82 valence electrons. The van der Waals surface area contributed by atoms with Gasteiger partial charge in [0.1, 0.15) is 5.82 Å². The summed E-state index contributed by atoms with van der Waals surface area (Å²) in [5.74, 6) is -0.701. The first kappa shape index (κ1) is 10.8. The molecule has 0 aliphatic heterocycles.